The van der Waals surface area contributed by atoms with Gasteiger partial charge in [-0.2, -0.15) is 0 Å². The van der Waals surface area contributed by atoms with E-state index in [0.29, 0.717) is 30.8 Å². The van der Waals surface area contributed by atoms with Gasteiger partial charge in [-0.1, -0.05) is 18.2 Å². The first kappa shape index (κ1) is 18.8. The molecule has 0 saturated carbocycles. The summed E-state index contributed by atoms with van der Waals surface area (Å²) in [6.45, 7) is 1.26. The average Bonchev–Trinajstić information content (AvgIpc) is 3.39. The van der Waals surface area contributed by atoms with E-state index in [4.69, 9.17) is 9.15 Å². The number of carbonyl (C=O) groups excluding carboxylic acids is 1. The number of likely N-dealkylation sites (tertiary alicyclic amines) is 1. The summed E-state index contributed by atoms with van der Waals surface area (Å²) in [7, 11) is 1.64. The van der Waals surface area contributed by atoms with E-state index in [-0.39, 0.29) is 11.8 Å². The molecule has 0 N–H and O–H groups in total. The molecule has 1 fully saturated rings. The van der Waals surface area contributed by atoms with Crippen LogP contribution < -0.4 is 4.74 Å². The molecular weight excluding hydrogens is 402 g/mol. The van der Waals surface area contributed by atoms with Crippen LogP contribution in [0.1, 0.15) is 23.5 Å². The van der Waals surface area contributed by atoms with Crippen LogP contribution >= 0.6 is 0 Å². The first-order chi connectivity index (χ1) is 15.7. The number of rotatable bonds is 4. The lowest BCUT2D eigenvalue weighted by molar-refractivity contribution is -0.128. The van der Waals surface area contributed by atoms with Crippen molar-refractivity contribution in [1.82, 2.24) is 14.9 Å². The molecule has 5 aromatic rings. The van der Waals surface area contributed by atoms with Crippen molar-refractivity contribution >= 4 is 38.7 Å². The minimum absolute atomic E-state index is 0.0898. The van der Waals surface area contributed by atoms with Gasteiger partial charge in [-0.25, -0.2) is 0 Å². The number of amides is 1. The third-order valence-electron chi connectivity index (χ3n) is 6.33. The highest BCUT2D eigenvalue weighted by Crippen LogP contribution is 2.42. The van der Waals surface area contributed by atoms with Gasteiger partial charge in [0.2, 0.25) is 5.91 Å². The number of pyridine rings is 2. The van der Waals surface area contributed by atoms with Gasteiger partial charge in [0.15, 0.2) is 16.9 Å². The van der Waals surface area contributed by atoms with Crippen molar-refractivity contribution in [2.24, 2.45) is 0 Å². The van der Waals surface area contributed by atoms with Gasteiger partial charge in [0.05, 0.1) is 18.8 Å². The topological polar surface area (TPSA) is 68.5 Å². The van der Waals surface area contributed by atoms with Crippen molar-refractivity contribution in [2.75, 3.05) is 13.7 Å². The number of ether oxygens (including phenoxy) is 1. The van der Waals surface area contributed by atoms with Gasteiger partial charge in [0.25, 0.3) is 0 Å². The van der Waals surface area contributed by atoms with Gasteiger partial charge in [-0.3, -0.25) is 14.8 Å². The molecule has 6 rings (SSSR count). The predicted octanol–water partition coefficient (Wildman–Crippen LogP) is 5.05. The normalized spacial score (nSPS) is 16.5. The summed E-state index contributed by atoms with van der Waals surface area (Å²) in [6.07, 6.45) is 5.76. The molecule has 3 aromatic heterocycles. The third kappa shape index (κ3) is 2.99. The summed E-state index contributed by atoms with van der Waals surface area (Å²) < 4.78 is 11.6. The molecule has 1 amide bonds. The van der Waals surface area contributed by atoms with E-state index in [2.05, 4.69) is 28.2 Å². The van der Waals surface area contributed by atoms with Crippen molar-refractivity contribution in [2.45, 2.75) is 18.9 Å². The molecule has 158 valence electrons. The van der Waals surface area contributed by atoms with E-state index >= 15 is 0 Å². The predicted molar refractivity (Wildman–Crippen MR) is 123 cm³/mol. The van der Waals surface area contributed by atoms with Crippen LogP contribution in [0.3, 0.4) is 0 Å². The zero-order valence-electron chi connectivity index (χ0n) is 17.6. The van der Waals surface area contributed by atoms with E-state index in [9.17, 15) is 4.79 Å². The monoisotopic (exact) mass is 423 g/mol. The maximum absolute atomic E-state index is 12.9. The summed E-state index contributed by atoms with van der Waals surface area (Å²) in [4.78, 5) is 23.5. The van der Waals surface area contributed by atoms with E-state index < -0.39 is 0 Å². The van der Waals surface area contributed by atoms with Crippen molar-refractivity contribution in [3.05, 3.63) is 78.2 Å². The van der Waals surface area contributed by atoms with Crippen LogP contribution in [0.25, 0.3) is 32.8 Å². The van der Waals surface area contributed by atoms with E-state index in [1.807, 2.05) is 35.2 Å². The van der Waals surface area contributed by atoms with Crippen molar-refractivity contribution in [3.8, 4) is 5.75 Å². The number of hydrogen-bond acceptors (Lipinski definition) is 5. The van der Waals surface area contributed by atoms with E-state index in [1.54, 1.807) is 25.7 Å². The lowest BCUT2D eigenvalue weighted by Gasteiger charge is -2.18. The number of methoxy groups -OCH3 is 1. The Kier molecular flexibility index (Phi) is 4.31. The van der Waals surface area contributed by atoms with Gasteiger partial charge in [-0.05, 0) is 41.5 Å². The SMILES string of the molecule is COc1ccc(C2CC(=O)N(Cc3ccc4ncccc4c3)C2)c2c1oc1cnccc12. The molecular formula is C26H21N3O3. The van der Waals surface area contributed by atoms with Crippen LogP contribution in [-0.2, 0) is 11.3 Å². The van der Waals surface area contributed by atoms with E-state index in [0.717, 1.165) is 38.4 Å². The molecule has 2 aromatic carbocycles. The number of aromatic nitrogens is 2. The zero-order chi connectivity index (χ0) is 21.7. The highest BCUT2D eigenvalue weighted by Gasteiger charge is 2.33. The second-order valence-corrected chi connectivity index (χ2v) is 8.24. The Morgan fingerprint density at radius 2 is 2.09 bits per heavy atom. The first-order valence-electron chi connectivity index (χ1n) is 10.7. The Labute approximate surface area is 184 Å². The Morgan fingerprint density at radius 1 is 1.16 bits per heavy atom. The number of furan rings is 1. The molecule has 0 aliphatic carbocycles. The quantitative estimate of drug-likeness (QED) is 0.404. The Balaban J connectivity index is 1.35. The second kappa shape index (κ2) is 7.34. The fourth-order valence-electron chi connectivity index (χ4n) is 4.81. The molecule has 1 atom stereocenters. The van der Waals surface area contributed by atoms with E-state index in [1.165, 1.54) is 0 Å². The third-order valence-corrected chi connectivity index (χ3v) is 6.33. The van der Waals surface area contributed by atoms with Crippen molar-refractivity contribution < 1.29 is 13.9 Å². The molecule has 1 aliphatic heterocycles. The molecule has 1 unspecified atom stereocenters. The van der Waals surface area contributed by atoms with Crippen molar-refractivity contribution in [1.29, 1.82) is 0 Å². The molecule has 1 saturated heterocycles. The Hall–Kier alpha value is -3.93. The highest BCUT2D eigenvalue weighted by molar-refractivity contribution is 6.08. The van der Waals surface area contributed by atoms with Crippen LogP contribution in [0.15, 0.2) is 71.5 Å². The van der Waals surface area contributed by atoms with Gasteiger partial charge in [0.1, 0.15) is 0 Å². The van der Waals surface area contributed by atoms with Crippen LogP contribution in [0.4, 0.5) is 0 Å². The van der Waals surface area contributed by atoms with Crippen LogP contribution in [0, 0.1) is 0 Å². The lowest BCUT2D eigenvalue weighted by Crippen LogP contribution is -2.24. The summed E-state index contributed by atoms with van der Waals surface area (Å²) in [5.74, 6) is 0.942. The smallest absolute Gasteiger partial charge is 0.223 e. The number of hydrogen-bond donors (Lipinski definition) is 0. The molecule has 4 heterocycles. The number of carbonyl (C=O) groups is 1. The number of nitrogens with zero attached hydrogens (tertiary/aromatic N) is 3. The maximum atomic E-state index is 12.9. The molecule has 0 bridgehead atoms. The molecule has 6 heteroatoms. The number of fused-ring (bicyclic) bond motifs is 4. The van der Waals surface area contributed by atoms with Gasteiger partial charge in [0, 0.05) is 54.0 Å². The minimum atomic E-state index is 0.0898. The van der Waals surface area contributed by atoms with Crippen molar-refractivity contribution in [3.63, 3.8) is 0 Å². The average molecular weight is 423 g/mol. The molecule has 1 aliphatic rings. The fourth-order valence-corrected chi connectivity index (χ4v) is 4.81. The van der Waals surface area contributed by atoms with Crippen LogP contribution in [0.5, 0.6) is 5.75 Å². The van der Waals surface area contributed by atoms with Crippen LogP contribution in [-0.4, -0.2) is 34.4 Å². The number of benzene rings is 2. The van der Waals surface area contributed by atoms with Crippen LogP contribution in [0.2, 0.25) is 0 Å². The Morgan fingerprint density at radius 3 is 3.00 bits per heavy atom. The summed E-state index contributed by atoms with van der Waals surface area (Å²) in [6, 6.07) is 16.1. The van der Waals surface area contributed by atoms with Gasteiger partial charge < -0.3 is 14.1 Å². The Bertz CT molecular complexity index is 1490. The molecule has 0 radical (unpaired) electrons. The standard InChI is InChI=1S/C26H21N3O3/c1-31-22-7-5-19(25-20-8-10-27-13-23(20)32-26(22)25)18-12-24(30)29(15-18)14-16-4-6-21-17(11-16)3-2-9-28-21/h2-11,13,18H,12,14-15H2,1H3. The highest BCUT2D eigenvalue weighted by atomic mass is 16.5. The summed E-state index contributed by atoms with van der Waals surface area (Å²) in [5, 5.41) is 3.10. The van der Waals surface area contributed by atoms with Gasteiger partial charge in [-0.15, -0.1) is 0 Å². The summed E-state index contributed by atoms with van der Waals surface area (Å²) >= 11 is 0. The molecule has 0 spiro atoms. The zero-order valence-corrected chi connectivity index (χ0v) is 17.6. The molecule has 32 heavy (non-hydrogen) atoms. The summed E-state index contributed by atoms with van der Waals surface area (Å²) in [5.41, 5.74) is 4.62. The minimum Gasteiger partial charge on any atom is -0.493 e. The second-order valence-electron chi connectivity index (χ2n) is 8.24. The lowest BCUT2D eigenvalue weighted by atomic mass is 9.93. The fraction of sp³-hybridized carbons (Fsp3) is 0.192. The largest absolute Gasteiger partial charge is 0.493 e. The maximum Gasteiger partial charge on any atom is 0.223 e. The molecule has 6 nitrogen and oxygen atoms in total. The van der Waals surface area contributed by atoms with Gasteiger partial charge >= 0.3 is 0 Å². The first-order valence-corrected chi connectivity index (χ1v) is 10.7.